The molecule has 16 nitrogen and oxygen atoms in total. The maximum absolute atomic E-state index is 13.1. The second-order valence-corrected chi connectivity index (χ2v) is 10.3. The summed E-state index contributed by atoms with van der Waals surface area (Å²) in [5.74, 6) is -4.17. The molecule has 3 aromatic heterocycles. The molecule has 5 rings (SSSR count). The van der Waals surface area contributed by atoms with Crippen LogP contribution in [0.5, 0.6) is 0 Å². The monoisotopic (exact) mass is 584 g/mol. The van der Waals surface area contributed by atoms with Crippen molar-refractivity contribution in [1.29, 1.82) is 5.26 Å². The van der Waals surface area contributed by atoms with Crippen LogP contribution in [0.25, 0.3) is 5.65 Å². The molecule has 0 spiro atoms. The number of fused-ring (bicyclic) bond motifs is 2. The number of aliphatic carboxylic acids is 2. The van der Waals surface area contributed by atoms with E-state index in [-0.39, 0.29) is 29.0 Å². The second-order valence-electron chi connectivity index (χ2n) is 8.40. The molecule has 5 N–H and O–H groups in total. The topological polar surface area (TPSA) is 229 Å². The zero-order chi connectivity index (χ0) is 28.6. The summed E-state index contributed by atoms with van der Waals surface area (Å²) >= 11 is 2.04. The molecule has 0 unspecified atom stereocenters. The number of carboxylic acid groups (broad SMARTS) is 2. The predicted octanol–water partition coefficient (Wildman–Crippen LogP) is -1.22. The molecule has 0 aliphatic carbocycles. The van der Waals surface area contributed by atoms with Crippen molar-refractivity contribution in [3.8, 4) is 6.07 Å². The largest absolute Gasteiger partial charge is 0.479 e. The number of rotatable bonds is 9. The molecule has 2 aliphatic rings. The second kappa shape index (κ2) is 10.6. The summed E-state index contributed by atoms with van der Waals surface area (Å²) in [4.78, 5) is 58.8. The Morgan fingerprint density at radius 3 is 2.83 bits per heavy atom. The Bertz CT molecular complexity index is 1670. The highest BCUT2D eigenvalue weighted by atomic mass is 32.2. The first-order valence-corrected chi connectivity index (χ1v) is 13.1. The van der Waals surface area contributed by atoms with Gasteiger partial charge in [0.15, 0.2) is 5.13 Å². The Morgan fingerprint density at radius 1 is 1.35 bits per heavy atom. The van der Waals surface area contributed by atoms with Gasteiger partial charge < -0.3 is 26.1 Å². The molecule has 18 heteroatoms. The van der Waals surface area contributed by atoms with Crippen LogP contribution in [0.3, 0.4) is 0 Å². The third-order valence-electron chi connectivity index (χ3n) is 5.90. The summed E-state index contributed by atoms with van der Waals surface area (Å²) in [5.41, 5.74) is 6.58. The van der Waals surface area contributed by atoms with Gasteiger partial charge in [0.25, 0.3) is 17.5 Å². The Labute approximate surface area is 232 Å². The number of anilines is 1. The zero-order valence-corrected chi connectivity index (χ0v) is 21.8. The lowest BCUT2D eigenvalue weighted by atomic mass is 10.0. The number of β-lactam (4-membered cyclic amide) rings is 1. The number of thioether (sulfide) groups is 1. The molecule has 1 saturated heterocycles. The van der Waals surface area contributed by atoms with E-state index >= 15 is 0 Å². The number of hydrogen-bond acceptors (Lipinski definition) is 12. The van der Waals surface area contributed by atoms with Crippen LogP contribution in [0.4, 0.5) is 5.13 Å². The van der Waals surface area contributed by atoms with Gasteiger partial charge in [-0.2, -0.15) is 14.6 Å². The van der Waals surface area contributed by atoms with Gasteiger partial charge >= 0.3 is 11.9 Å². The maximum Gasteiger partial charge on any atom is 0.352 e. The van der Waals surface area contributed by atoms with E-state index in [1.54, 1.807) is 39.7 Å². The fourth-order valence-corrected chi connectivity index (χ4v) is 5.96. The average Bonchev–Trinajstić information content (AvgIpc) is 3.54. The fraction of sp³-hybridized carbons (Fsp3) is 0.227. The van der Waals surface area contributed by atoms with Gasteiger partial charge in [0.1, 0.15) is 48.3 Å². The summed E-state index contributed by atoms with van der Waals surface area (Å²) in [5, 5.41) is 33.2. The van der Waals surface area contributed by atoms with Crippen LogP contribution in [0.15, 0.2) is 47.1 Å². The minimum atomic E-state index is -1.33. The first-order valence-electron chi connectivity index (χ1n) is 11.3. The first kappa shape index (κ1) is 26.6. The zero-order valence-electron chi connectivity index (χ0n) is 20.1. The van der Waals surface area contributed by atoms with Crippen LogP contribution in [0.2, 0.25) is 0 Å². The number of imidazole rings is 1. The molecule has 0 saturated carbocycles. The van der Waals surface area contributed by atoms with Gasteiger partial charge in [-0.1, -0.05) is 5.16 Å². The van der Waals surface area contributed by atoms with E-state index in [4.69, 9.17) is 16.1 Å². The van der Waals surface area contributed by atoms with Crippen LogP contribution < -0.4 is 15.6 Å². The van der Waals surface area contributed by atoms with Crippen LogP contribution in [0, 0.1) is 11.3 Å². The van der Waals surface area contributed by atoms with E-state index in [2.05, 4.69) is 30.7 Å². The van der Waals surface area contributed by atoms with Gasteiger partial charge in [0.05, 0.1) is 5.56 Å². The number of nitriles is 1. The van der Waals surface area contributed by atoms with Crippen molar-refractivity contribution in [2.75, 3.05) is 18.1 Å². The van der Waals surface area contributed by atoms with Crippen molar-refractivity contribution in [2.24, 2.45) is 5.16 Å². The molecule has 0 aromatic carbocycles. The number of hydrogen-bond donors (Lipinski definition) is 4. The number of oxime groups is 1. The van der Waals surface area contributed by atoms with Gasteiger partial charge in [-0.25, -0.2) is 18.6 Å². The van der Waals surface area contributed by atoms with E-state index in [0.29, 0.717) is 11.1 Å². The smallest absolute Gasteiger partial charge is 0.352 e. The van der Waals surface area contributed by atoms with Crippen molar-refractivity contribution >= 4 is 63.5 Å². The molecule has 3 aromatic rings. The Balaban J connectivity index is 1.36. The Morgan fingerprint density at radius 2 is 2.15 bits per heavy atom. The summed E-state index contributed by atoms with van der Waals surface area (Å²) < 4.78 is 7.42. The normalized spacial score (nSPS) is 18.6. The van der Waals surface area contributed by atoms with E-state index in [1.807, 2.05) is 0 Å². The highest BCUT2D eigenvalue weighted by molar-refractivity contribution is 8.00. The highest BCUT2D eigenvalue weighted by Crippen LogP contribution is 2.40. The van der Waals surface area contributed by atoms with Gasteiger partial charge in [-0.3, -0.25) is 14.5 Å². The van der Waals surface area contributed by atoms with E-state index in [1.165, 1.54) is 11.8 Å². The number of nitrogens with one attached hydrogen (secondary N) is 1. The standard InChI is InChI=1S/C22H17N9O7S2/c23-5-10-1-2-12-29(6-10)3-4-30(12)7-11-9-39-20-15(19(35)31(20)16(11)21(36)37)25-18(34)14(27-38-8-13(32)33)17-26-22(24)40-28-17/h1-4,6,15,20H,7-9H2,(H4-,24,25,26,28,32,33,34,36,37)/p+1/b27-14+/t15-,20-/m1/s1. The SMILES string of the molecule is N#Cc1ccc2n(cc[n+]2CC2=C(C(=O)O)N3C(=O)[C@@H](NC(=O)/C(=N/OCC(=O)O)c4nsc(N)n4)[C@H]3SC2)c1. The van der Waals surface area contributed by atoms with Gasteiger partial charge in [-0.05, 0) is 6.07 Å². The molecular weight excluding hydrogens is 566 g/mol. The molecule has 2 aliphatic heterocycles. The predicted molar refractivity (Wildman–Crippen MR) is 136 cm³/mol. The van der Waals surface area contributed by atoms with Crippen LogP contribution >= 0.6 is 23.3 Å². The molecule has 204 valence electrons. The molecular formula is C22H18N9O7S2+. The summed E-state index contributed by atoms with van der Waals surface area (Å²) in [6, 6.07) is 4.35. The molecule has 2 atom stereocenters. The van der Waals surface area contributed by atoms with Crippen molar-refractivity contribution in [2.45, 2.75) is 18.0 Å². The van der Waals surface area contributed by atoms with Crippen molar-refractivity contribution in [3.05, 3.63) is 53.4 Å². The number of aromatic nitrogens is 4. The molecule has 2 amide bonds. The number of carboxylic acids is 2. The van der Waals surface area contributed by atoms with Crippen molar-refractivity contribution in [3.63, 3.8) is 0 Å². The molecule has 1 fully saturated rings. The quantitative estimate of drug-likeness (QED) is 0.100. The van der Waals surface area contributed by atoms with Crippen molar-refractivity contribution in [1.82, 2.24) is 24.0 Å². The maximum atomic E-state index is 13.1. The van der Waals surface area contributed by atoms with E-state index < -0.39 is 47.5 Å². The number of carbonyl (C=O) groups is 4. The number of nitrogen functional groups attached to an aromatic ring is 1. The van der Waals surface area contributed by atoms with Gasteiger partial charge in [-0.15, -0.1) is 11.8 Å². The number of pyridine rings is 1. The molecule has 5 heterocycles. The Kier molecular flexibility index (Phi) is 7.06. The number of carbonyl (C=O) groups excluding carboxylic acids is 2. The third-order valence-corrected chi connectivity index (χ3v) is 7.78. The lowest BCUT2D eigenvalue weighted by Crippen LogP contribution is -2.71. The summed E-state index contributed by atoms with van der Waals surface area (Å²) in [7, 11) is 0. The lowest BCUT2D eigenvalue weighted by Gasteiger charge is -2.49. The van der Waals surface area contributed by atoms with Gasteiger partial charge in [0.2, 0.25) is 18.1 Å². The van der Waals surface area contributed by atoms with Gasteiger partial charge in [0, 0.05) is 28.9 Å². The van der Waals surface area contributed by atoms with Crippen LogP contribution in [-0.4, -0.2) is 82.1 Å². The highest BCUT2D eigenvalue weighted by Gasteiger charge is 2.54. The third kappa shape index (κ3) is 4.90. The number of amides is 2. The summed E-state index contributed by atoms with van der Waals surface area (Å²) in [6.45, 7) is -0.658. The Hall–Kier alpha value is -5.02. The first-order chi connectivity index (χ1) is 19.2. The van der Waals surface area contributed by atoms with Crippen molar-refractivity contribution < 1.29 is 38.8 Å². The number of nitrogens with two attached hydrogens (primary N) is 1. The van der Waals surface area contributed by atoms with Crippen LogP contribution in [0.1, 0.15) is 11.4 Å². The summed E-state index contributed by atoms with van der Waals surface area (Å²) in [6.07, 6.45) is 5.13. The number of nitrogens with zero attached hydrogens (tertiary/aromatic N) is 7. The van der Waals surface area contributed by atoms with Crippen LogP contribution in [-0.2, 0) is 30.6 Å². The van der Waals surface area contributed by atoms with E-state index in [9.17, 15) is 24.3 Å². The molecule has 0 radical (unpaired) electrons. The lowest BCUT2D eigenvalue weighted by molar-refractivity contribution is -0.662. The molecule has 40 heavy (non-hydrogen) atoms. The minimum Gasteiger partial charge on any atom is -0.479 e. The fourth-order valence-electron chi connectivity index (χ4n) is 4.19. The molecule has 0 bridgehead atoms. The average molecular weight is 585 g/mol. The van der Waals surface area contributed by atoms with E-state index in [0.717, 1.165) is 22.1 Å². The minimum absolute atomic E-state index is 0.0191.